The van der Waals surface area contributed by atoms with Crippen LogP contribution in [0.5, 0.6) is 0 Å². The molecule has 2 rings (SSSR count). The van der Waals surface area contributed by atoms with E-state index in [0.717, 1.165) is 18.8 Å². The Morgan fingerprint density at radius 1 is 1.38 bits per heavy atom. The van der Waals surface area contributed by atoms with E-state index in [1.165, 1.54) is 16.5 Å². The molecular formula is C11H14N4O. The molecule has 0 aliphatic carbocycles. The van der Waals surface area contributed by atoms with E-state index in [-0.39, 0.29) is 5.69 Å². The highest BCUT2D eigenvalue weighted by Gasteiger charge is 2.00. The van der Waals surface area contributed by atoms with Gasteiger partial charge in [0.25, 0.3) is 0 Å². The van der Waals surface area contributed by atoms with Crippen LogP contribution in [0.25, 0.3) is 5.69 Å². The van der Waals surface area contributed by atoms with Crippen LogP contribution in [-0.4, -0.2) is 21.3 Å². The zero-order valence-corrected chi connectivity index (χ0v) is 9.10. The first-order valence-electron chi connectivity index (χ1n) is 5.23. The smallest absolute Gasteiger partial charge is 0.313 e. The molecule has 1 aromatic carbocycles. The minimum atomic E-state index is -0.223. The summed E-state index contributed by atoms with van der Waals surface area (Å²) < 4.78 is 1.47. The number of hydrogen-bond donors (Lipinski definition) is 2. The van der Waals surface area contributed by atoms with Crippen LogP contribution in [0, 0.1) is 0 Å². The zero-order valence-electron chi connectivity index (χ0n) is 9.10. The number of benzene rings is 1. The molecule has 0 amide bonds. The Morgan fingerprint density at radius 2 is 2.12 bits per heavy atom. The molecule has 0 aliphatic rings. The summed E-state index contributed by atoms with van der Waals surface area (Å²) in [5, 5.41) is 9.29. The second-order valence-electron chi connectivity index (χ2n) is 3.48. The maximum atomic E-state index is 11.3. The molecule has 5 heteroatoms. The van der Waals surface area contributed by atoms with Gasteiger partial charge in [-0.2, -0.15) is 5.10 Å². The predicted molar refractivity (Wildman–Crippen MR) is 61.6 cm³/mol. The Morgan fingerprint density at radius 3 is 2.69 bits per heavy atom. The predicted octanol–water partition coefficient (Wildman–Crippen LogP) is 0.670. The quantitative estimate of drug-likeness (QED) is 0.792. The standard InChI is InChI=1S/C11H14N4O/c1-2-12-7-9-3-5-10(6-4-9)15-8-13-14-11(15)16/h3-6,8,12H,2,7H2,1H3,(H,14,16). The number of rotatable bonds is 4. The average molecular weight is 218 g/mol. The molecule has 2 aromatic rings. The van der Waals surface area contributed by atoms with E-state index < -0.39 is 0 Å². The van der Waals surface area contributed by atoms with Gasteiger partial charge in [0, 0.05) is 6.54 Å². The van der Waals surface area contributed by atoms with Gasteiger partial charge in [0.2, 0.25) is 0 Å². The van der Waals surface area contributed by atoms with Crippen LogP contribution in [0.4, 0.5) is 0 Å². The summed E-state index contributed by atoms with van der Waals surface area (Å²) in [5.74, 6) is 0. The van der Waals surface area contributed by atoms with Crippen LogP contribution < -0.4 is 11.0 Å². The Kier molecular flexibility index (Phi) is 3.16. The summed E-state index contributed by atoms with van der Waals surface area (Å²) in [6.45, 7) is 3.86. The largest absolute Gasteiger partial charge is 0.347 e. The average Bonchev–Trinajstić information content (AvgIpc) is 2.74. The van der Waals surface area contributed by atoms with Gasteiger partial charge in [0.05, 0.1) is 5.69 Å². The summed E-state index contributed by atoms with van der Waals surface area (Å²) in [7, 11) is 0. The van der Waals surface area contributed by atoms with Crippen LogP contribution >= 0.6 is 0 Å². The lowest BCUT2D eigenvalue weighted by atomic mass is 10.2. The highest BCUT2D eigenvalue weighted by molar-refractivity contribution is 5.34. The molecule has 0 saturated carbocycles. The fourth-order valence-electron chi connectivity index (χ4n) is 1.48. The van der Waals surface area contributed by atoms with Crippen molar-refractivity contribution in [2.24, 2.45) is 0 Å². The monoisotopic (exact) mass is 218 g/mol. The van der Waals surface area contributed by atoms with Crippen molar-refractivity contribution in [3.8, 4) is 5.69 Å². The molecule has 16 heavy (non-hydrogen) atoms. The minimum Gasteiger partial charge on any atom is -0.313 e. The third kappa shape index (κ3) is 2.20. The van der Waals surface area contributed by atoms with Crippen molar-refractivity contribution < 1.29 is 0 Å². The number of aromatic nitrogens is 3. The van der Waals surface area contributed by atoms with Crippen molar-refractivity contribution in [3.05, 3.63) is 46.6 Å². The first kappa shape index (κ1) is 10.6. The Bertz CT molecular complexity index is 497. The van der Waals surface area contributed by atoms with Crippen molar-refractivity contribution in [2.75, 3.05) is 6.54 Å². The molecule has 0 aliphatic heterocycles. The molecule has 0 spiro atoms. The lowest BCUT2D eigenvalue weighted by molar-refractivity contribution is 0.726. The van der Waals surface area contributed by atoms with E-state index in [4.69, 9.17) is 0 Å². The molecule has 0 atom stereocenters. The number of hydrogen-bond acceptors (Lipinski definition) is 3. The van der Waals surface area contributed by atoms with Crippen LogP contribution in [-0.2, 0) is 6.54 Å². The van der Waals surface area contributed by atoms with Gasteiger partial charge >= 0.3 is 5.69 Å². The van der Waals surface area contributed by atoms with Gasteiger partial charge in [-0.1, -0.05) is 19.1 Å². The van der Waals surface area contributed by atoms with Gasteiger partial charge in [0.15, 0.2) is 0 Å². The van der Waals surface area contributed by atoms with Crippen molar-refractivity contribution >= 4 is 0 Å². The second kappa shape index (κ2) is 4.76. The molecule has 1 aromatic heterocycles. The van der Waals surface area contributed by atoms with Crippen LogP contribution in [0.3, 0.4) is 0 Å². The van der Waals surface area contributed by atoms with Crippen LogP contribution in [0.15, 0.2) is 35.4 Å². The maximum absolute atomic E-state index is 11.3. The van der Waals surface area contributed by atoms with Gasteiger partial charge in [-0.25, -0.2) is 14.5 Å². The second-order valence-corrected chi connectivity index (χ2v) is 3.48. The highest BCUT2D eigenvalue weighted by atomic mass is 16.1. The van der Waals surface area contributed by atoms with Crippen molar-refractivity contribution in [3.63, 3.8) is 0 Å². The Balaban J connectivity index is 2.20. The van der Waals surface area contributed by atoms with E-state index >= 15 is 0 Å². The maximum Gasteiger partial charge on any atom is 0.347 e. The fourth-order valence-corrected chi connectivity index (χ4v) is 1.48. The molecule has 0 fully saturated rings. The third-order valence-corrected chi connectivity index (χ3v) is 2.35. The van der Waals surface area contributed by atoms with Crippen molar-refractivity contribution in [2.45, 2.75) is 13.5 Å². The molecule has 0 bridgehead atoms. The summed E-state index contributed by atoms with van der Waals surface area (Å²) >= 11 is 0. The Hall–Kier alpha value is -1.88. The number of aromatic amines is 1. The molecule has 0 radical (unpaired) electrons. The molecule has 5 nitrogen and oxygen atoms in total. The van der Waals surface area contributed by atoms with Crippen molar-refractivity contribution in [1.29, 1.82) is 0 Å². The zero-order chi connectivity index (χ0) is 11.4. The van der Waals surface area contributed by atoms with E-state index in [1.807, 2.05) is 24.3 Å². The molecular weight excluding hydrogens is 204 g/mol. The SMILES string of the molecule is CCNCc1ccc(-n2cn[nH]c2=O)cc1. The van der Waals surface area contributed by atoms with Crippen LogP contribution in [0.1, 0.15) is 12.5 Å². The molecule has 84 valence electrons. The lowest BCUT2D eigenvalue weighted by Gasteiger charge is -2.04. The molecule has 0 saturated heterocycles. The highest BCUT2D eigenvalue weighted by Crippen LogP contribution is 2.06. The van der Waals surface area contributed by atoms with Gasteiger partial charge in [-0.15, -0.1) is 0 Å². The normalized spacial score (nSPS) is 10.6. The topological polar surface area (TPSA) is 62.7 Å². The minimum absolute atomic E-state index is 0.223. The first-order chi connectivity index (χ1) is 7.81. The summed E-state index contributed by atoms with van der Waals surface area (Å²) in [4.78, 5) is 11.3. The number of nitrogens with zero attached hydrogens (tertiary/aromatic N) is 2. The number of H-pyrrole nitrogens is 1. The summed E-state index contributed by atoms with van der Waals surface area (Å²) in [5.41, 5.74) is 1.79. The summed E-state index contributed by atoms with van der Waals surface area (Å²) in [6, 6.07) is 7.81. The van der Waals surface area contributed by atoms with Gasteiger partial charge in [0.1, 0.15) is 6.33 Å². The lowest BCUT2D eigenvalue weighted by Crippen LogP contribution is -2.14. The van der Waals surface area contributed by atoms with Crippen LogP contribution in [0.2, 0.25) is 0 Å². The van der Waals surface area contributed by atoms with Gasteiger partial charge in [-0.05, 0) is 24.2 Å². The van der Waals surface area contributed by atoms with Gasteiger partial charge < -0.3 is 5.32 Å². The first-order valence-corrected chi connectivity index (χ1v) is 5.23. The number of nitrogens with one attached hydrogen (secondary N) is 2. The Labute approximate surface area is 93.1 Å². The molecule has 1 heterocycles. The van der Waals surface area contributed by atoms with E-state index in [2.05, 4.69) is 22.4 Å². The molecule has 0 unspecified atom stereocenters. The van der Waals surface area contributed by atoms with Gasteiger partial charge in [-0.3, -0.25) is 0 Å². The van der Waals surface area contributed by atoms with E-state index in [0.29, 0.717) is 0 Å². The van der Waals surface area contributed by atoms with E-state index in [9.17, 15) is 4.79 Å². The molecule has 2 N–H and O–H groups in total. The summed E-state index contributed by atoms with van der Waals surface area (Å²) in [6.07, 6.45) is 1.47. The fraction of sp³-hybridized carbons (Fsp3) is 0.273. The third-order valence-electron chi connectivity index (χ3n) is 2.35. The van der Waals surface area contributed by atoms with Crippen molar-refractivity contribution in [1.82, 2.24) is 20.1 Å². The van der Waals surface area contributed by atoms with E-state index in [1.54, 1.807) is 0 Å².